The molecule has 4 atom stereocenters. The van der Waals surface area contributed by atoms with Crippen LogP contribution in [0.1, 0.15) is 76.0 Å². The number of methoxy groups -OCH3 is 1. The molecule has 1 aliphatic carbocycles. The molecule has 2 heterocycles. The van der Waals surface area contributed by atoms with Crippen molar-refractivity contribution in [3.05, 3.63) is 62.5 Å². The minimum atomic E-state index is -0.950. The summed E-state index contributed by atoms with van der Waals surface area (Å²) in [6.45, 7) is 1.89. The summed E-state index contributed by atoms with van der Waals surface area (Å²) in [6, 6.07) is 9.18. The average molecular weight is 747 g/mol. The van der Waals surface area contributed by atoms with Crippen molar-refractivity contribution in [3.63, 3.8) is 0 Å². The van der Waals surface area contributed by atoms with Crippen LogP contribution in [0.25, 0.3) is 11.6 Å². The van der Waals surface area contributed by atoms with Gasteiger partial charge in [0.05, 0.1) is 40.9 Å². The van der Waals surface area contributed by atoms with E-state index in [9.17, 15) is 29.7 Å². The summed E-state index contributed by atoms with van der Waals surface area (Å²) in [5.74, 6) is -3.01. The largest absolute Gasteiger partial charge is 0.504 e. The molecule has 1 fully saturated rings. The molecule has 1 saturated heterocycles. The van der Waals surface area contributed by atoms with Gasteiger partial charge < -0.3 is 25.2 Å². The van der Waals surface area contributed by atoms with Crippen LogP contribution in [0.5, 0.6) is 11.5 Å². The van der Waals surface area contributed by atoms with Crippen LogP contribution in [0.2, 0.25) is 0 Å². The first-order valence-corrected chi connectivity index (χ1v) is 16.9. The molecule has 2 aromatic rings. The summed E-state index contributed by atoms with van der Waals surface area (Å²) in [4.78, 5) is 43.7. The van der Waals surface area contributed by atoms with Gasteiger partial charge in [0.1, 0.15) is 0 Å². The van der Waals surface area contributed by atoms with Crippen molar-refractivity contribution in [2.75, 3.05) is 20.3 Å². The zero-order valence-electron chi connectivity index (χ0n) is 26.3. The number of carboxylic acids is 1. The van der Waals surface area contributed by atoms with Crippen LogP contribution in [-0.2, 0) is 14.4 Å². The minimum absolute atomic E-state index is 0.0466. The van der Waals surface area contributed by atoms with E-state index >= 15 is 0 Å². The van der Waals surface area contributed by atoms with Crippen LogP contribution >= 0.6 is 22.6 Å². The highest BCUT2D eigenvalue weighted by molar-refractivity contribution is 14.1. The molecular formula is C35H43IN2O8. The number of amides is 2. The lowest BCUT2D eigenvalue weighted by atomic mass is 9.67. The smallest absolute Gasteiger partial charge is 0.303 e. The number of nitrogens with zero attached hydrogens (tertiary/aromatic N) is 2. The lowest BCUT2D eigenvalue weighted by Crippen LogP contribution is -2.39. The number of ether oxygens (including phenoxy) is 1. The van der Waals surface area contributed by atoms with E-state index < -0.39 is 29.8 Å². The summed E-state index contributed by atoms with van der Waals surface area (Å²) >= 11 is 2.05. The summed E-state index contributed by atoms with van der Waals surface area (Å²) in [7, 11) is 1.49. The van der Waals surface area contributed by atoms with E-state index in [4.69, 9.17) is 9.84 Å². The van der Waals surface area contributed by atoms with E-state index in [0.717, 1.165) is 28.8 Å². The summed E-state index contributed by atoms with van der Waals surface area (Å²) in [5, 5.41) is 41.6. The van der Waals surface area contributed by atoms with Gasteiger partial charge in [0.15, 0.2) is 11.5 Å². The van der Waals surface area contributed by atoms with Crippen LogP contribution in [0, 0.1) is 21.3 Å². The number of phenolic OH excluding ortho intramolecular Hbond substituents is 1. The first-order chi connectivity index (χ1) is 22.1. The number of aromatic nitrogens is 1. The monoisotopic (exact) mass is 746 g/mol. The highest BCUT2D eigenvalue weighted by atomic mass is 127. The lowest BCUT2D eigenvalue weighted by molar-refractivity contribution is -0.141. The average Bonchev–Trinajstić information content (AvgIpc) is 3.28. The highest BCUT2D eigenvalue weighted by Gasteiger charge is 2.54. The number of halogens is 1. The van der Waals surface area contributed by atoms with Crippen LogP contribution in [0.4, 0.5) is 0 Å². The van der Waals surface area contributed by atoms with Gasteiger partial charge in [-0.25, -0.2) is 0 Å². The maximum atomic E-state index is 13.6. The number of aliphatic hydroxyl groups is 2. The van der Waals surface area contributed by atoms with Gasteiger partial charge in [0.2, 0.25) is 11.8 Å². The third-order valence-corrected chi connectivity index (χ3v) is 9.77. The molecule has 2 amide bonds. The van der Waals surface area contributed by atoms with Crippen molar-refractivity contribution in [1.82, 2.24) is 9.88 Å². The number of aromatic hydroxyl groups is 1. The van der Waals surface area contributed by atoms with Crippen molar-refractivity contribution in [2.24, 2.45) is 17.8 Å². The summed E-state index contributed by atoms with van der Waals surface area (Å²) < 4.78 is 5.97. The molecule has 0 spiro atoms. The van der Waals surface area contributed by atoms with Crippen LogP contribution in [0.3, 0.4) is 0 Å². The number of aliphatic carboxylic acids is 1. The number of hydrogen-bond donors (Lipinski definition) is 4. The summed E-state index contributed by atoms with van der Waals surface area (Å²) in [5.41, 5.74) is 3.98. The topological polar surface area (TPSA) is 157 Å². The Bertz CT molecular complexity index is 1470. The quantitative estimate of drug-likeness (QED) is 0.0761. The second kappa shape index (κ2) is 16.5. The summed E-state index contributed by atoms with van der Waals surface area (Å²) in [6.07, 6.45) is 6.89. The first-order valence-electron chi connectivity index (χ1n) is 15.9. The number of rotatable bonds is 16. The van der Waals surface area contributed by atoms with E-state index in [1.807, 2.05) is 59.9 Å². The Balaban J connectivity index is 1.58. The van der Waals surface area contributed by atoms with Crippen molar-refractivity contribution < 1.29 is 39.5 Å². The van der Waals surface area contributed by atoms with Gasteiger partial charge in [-0.05, 0) is 108 Å². The number of unbranched alkanes of at least 4 members (excludes halogenated alkanes) is 2. The molecule has 248 valence electrons. The van der Waals surface area contributed by atoms with Crippen LogP contribution in [0.15, 0.2) is 47.7 Å². The maximum Gasteiger partial charge on any atom is 0.303 e. The number of hydrogen-bond acceptors (Lipinski definition) is 8. The standard InChI is InChI=1S/C35H43IN2O8/c1-3-9-23-19-24-32(35(45)38(34(24)44)15-8-4-5-11-30(41)42)25(20-39)31(23)28(40)13-12-22(27-10-6-7-14-37-27)16-21-17-26(36)33(43)29(18-21)46-2/h6-7,10,14,16-18,24-25,28,32,39-40,43H,3-5,8-9,11-13,15,19-20H2,1-2H3,(H,41,42)/b22-16-/t24-,25+,28-,32-/m1/s1. The number of likely N-dealkylation sites (tertiary alicyclic amines) is 1. The molecule has 0 unspecified atom stereocenters. The first kappa shape index (κ1) is 35.6. The number of carbonyl (C=O) groups excluding carboxylic acids is 2. The van der Waals surface area contributed by atoms with Crippen molar-refractivity contribution in [1.29, 1.82) is 0 Å². The van der Waals surface area contributed by atoms with E-state index in [2.05, 4.69) is 4.98 Å². The number of phenols is 1. The van der Waals surface area contributed by atoms with Crippen LogP contribution in [-0.4, -0.2) is 74.5 Å². The fourth-order valence-electron chi connectivity index (χ4n) is 6.81. The number of imide groups is 1. The SMILES string of the molecule is CCCC1=C([C@H](O)CC/C(=C/c2cc(I)c(O)c(OC)c2)c2ccccn2)[C@H](CO)[C@@H]2C(=O)N(CCCCCC(=O)O)C(=O)[C@@H]2C1. The number of allylic oxidation sites excluding steroid dienone is 2. The second-order valence-corrected chi connectivity index (χ2v) is 13.1. The number of carbonyl (C=O) groups is 3. The van der Waals surface area contributed by atoms with E-state index in [1.165, 1.54) is 12.0 Å². The number of benzene rings is 1. The van der Waals surface area contributed by atoms with Crippen LogP contribution < -0.4 is 4.74 Å². The fraction of sp³-hybridized carbons (Fsp3) is 0.486. The molecule has 0 bridgehead atoms. The minimum Gasteiger partial charge on any atom is -0.504 e. The number of aliphatic hydroxyl groups excluding tert-OH is 2. The number of pyridine rings is 1. The Hall–Kier alpha value is -3.29. The maximum absolute atomic E-state index is 13.6. The molecular weight excluding hydrogens is 703 g/mol. The molecule has 2 aliphatic rings. The molecule has 46 heavy (non-hydrogen) atoms. The van der Waals surface area contributed by atoms with Gasteiger partial charge in [-0.3, -0.25) is 24.3 Å². The highest BCUT2D eigenvalue weighted by Crippen LogP contribution is 2.47. The van der Waals surface area contributed by atoms with E-state index in [1.54, 1.807) is 12.3 Å². The molecule has 1 aliphatic heterocycles. The Morgan fingerprint density at radius 2 is 1.96 bits per heavy atom. The second-order valence-electron chi connectivity index (χ2n) is 12.0. The number of fused-ring (bicyclic) bond motifs is 1. The van der Waals surface area contributed by atoms with E-state index in [-0.39, 0.29) is 37.1 Å². The zero-order valence-corrected chi connectivity index (χ0v) is 28.5. The Morgan fingerprint density at radius 1 is 1.17 bits per heavy atom. The van der Waals surface area contributed by atoms with Crippen molar-refractivity contribution in [2.45, 2.75) is 70.8 Å². The van der Waals surface area contributed by atoms with Crippen molar-refractivity contribution in [3.8, 4) is 11.5 Å². The Morgan fingerprint density at radius 3 is 2.61 bits per heavy atom. The molecule has 10 nitrogen and oxygen atoms in total. The third kappa shape index (κ3) is 8.16. The third-order valence-electron chi connectivity index (χ3n) is 8.95. The van der Waals surface area contributed by atoms with Gasteiger partial charge in [-0.15, -0.1) is 0 Å². The Labute approximate surface area is 283 Å². The fourth-order valence-corrected chi connectivity index (χ4v) is 7.44. The predicted octanol–water partition coefficient (Wildman–Crippen LogP) is 5.44. The predicted molar refractivity (Wildman–Crippen MR) is 182 cm³/mol. The molecule has 1 aromatic carbocycles. The molecule has 1 aromatic heterocycles. The normalized spacial score (nSPS) is 20.7. The zero-order chi connectivity index (χ0) is 33.4. The molecule has 11 heteroatoms. The molecule has 0 radical (unpaired) electrons. The molecule has 0 saturated carbocycles. The van der Waals surface area contributed by atoms with Gasteiger partial charge in [0, 0.05) is 25.1 Å². The number of carboxylic acid groups (broad SMARTS) is 1. The van der Waals surface area contributed by atoms with Crippen molar-refractivity contribution >= 4 is 52.0 Å². The van der Waals surface area contributed by atoms with E-state index in [0.29, 0.717) is 59.8 Å². The molecule has 4 rings (SSSR count). The Kier molecular flexibility index (Phi) is 12.8. The van der Waals surface area contributed by atoms with Gasteiger partial charge in [-0.1, -0.05) is 31.4 Å². The van der Waals surface area contributed by atoms with Gasteiger partial charge in [0.25, 0.3) is 0 Å². The van der Waals surface area contributed by atoms with Gasteiger partial charge in [-0.2, -0.15) is 0 Å². The lowest BCUT2D eigenvalue weighted by Gasteiger charge is -2.36. The molecule has 4 N–H and O–H groups in total. The van der Waals surface area contributed by atoms with Gasteiger partial charge >= 0.3 is 5.97 Å².